The van der Waals surface area contributed by atoms with Crippen molar-refractivity contribution in [2.75, 3.05) is 26.7 Å². The Hall–Kier alpha value is -0.410. The van der Waals surface area contributed by atoms with E-state index in [0.717, 1.165) is 25.8 Å². The van der Waals surface area contributed by atoms with Crippen LogP contribution in [-0.4, -0.2) is 37.4 Å². The van der Waals surface area contributed by atoms with Gasteiger partial charge in [-0.25, -0.2) is 0 Å². The Morgan fingerprint density at radius 3 is 2.00 bits per heavy atom. The Balaban J connectivity index is 3.26. The molecule has 0 rings (SSSR count). The highest BCUT2D eigenvalue weighted by atomic mass is 16.1. The van der Waals surface area contributed by atoms with Gasteiger partial charge in [-0.2, -0.15) is 0 Å². The summed E-state index contributed by atoms with van der Waals surface area (Å²) >= 11 is 0. The number of ketones is 1. The zero-order valence-electron chi connectivity index (χ0n) is 13.8. The van der Waals surface area contributed by atoms with E-state index in [-0.39, 0.29) is 0 Å². The second kappa shape index (κ2) is 15.0. The van der Waals surface area contributed by atoms with Crippen LogP contribution >= 0.6 is 0 Å². The minimum atomic E-state index is 0.382. The van der Waals surface area contributed by atoms with Gasteiger partial charge in [0.05, 0.1) is 6.54 Å². The van der Waals surface area contributed by atoms with Crippen LogP contribution < -0.4 is 5.73 Å². The van der Waals surface area contributed by atoms with E-state index in [0.29, 0.717) is 18.9 Å². The molecule has 0 amide bonds. The predicted octanol–water partition coefficient (Wildman–Crippen LogP) is 3.76. The molecule has 0 aliphatic carbocycles. The smallest absolute Gasteiger partial charge is 0.146 e. The summed E-state index contributed by atoms with van der Waals surface area (Å²) in [4.78, 5) is 13.8. The first-order valence-electron chi connectivity index (χ1n) is 8.61. The fourth-order valence-corrected chi connectivity index (χ4v) is 2.45. The molecule has 0 aromatic rings. The third-order valence-electron chi connectivity index (χ3n) is 3.75. The van der Waals surface area contributed by atoms with Crippen LogP contribution in [0.2, 0.25) is 0 Å². The number of unbranched alkanes of at least 4 members (excludes halogenated alkanes) is 8. The molecular formula is C17H36N2O. The highest BCUT2D eigenvalue weighted by molar-refractivity contribution is 5.80. The Bertz CT molecular complexity index is 219. The van der Waals surface area contributed by atoms with Crippen molar-refractivity contribution in [3.63, 3.8) is 0 Å². The van der Waals surface area contributed by atoms with E-state index >= 15 is 0 Å². The number of carbonyl (C=O) groups is 1. The van der Waals surface area contributed by atoms with Gasteiger partial charge in [0, 0.05) is 6.42 Å². The maximum absolute atomic E-state index is 11.8. The summed E-state index contributed by atoms with van der Waals surface area (Å²) in [5, 5.41) is 0. The molecule has 2 N–H and O–H groups in total. The van der Waals surface area contributed by atoms with Crippen molar-refractivity contribution in [2.24, 2.45) is 5.73 Å². The molecule has 0 spiro atoms. The van der Waals surface area contributed by atoms with Gasteiger partial charge in [-0.3, -0.25) is 9.69 Å². The van der Waals surface area contributed by atoms with Gasteiger partial charge in [0.15, 0.2) is 0 Å². The molecule has 0 aliphatic heterocycles. The highest BCUT2D eigenvalue weighted by Gasteiger charge is 2.05. The summed E-state index contributed by atoms with van der Waals surface area (Å²) in [6.07, 6.45) is 13.5. The molecular weight excluding hydrogens is 248 g/mol. The SMILES string of the molecule is CCCCCCCCCCCC(=O)CN(C)CCCN. The highest BCUT2D eigenvalue weighted by Crippen LogP contribution is 2.10. The third kappa shape index (κ3) is 14.0. The van der Waals surface area contributed by atoms with Gasteiger partial charge in [-0.05, 0) is 33.0 Å². The van der Waals surface area contributed by atoms with Crippen molar-refractivity contribution in [3.05, 3.63) is 0 Å². The lowest BCUT2D eigenvalue weighted by Crippen LogP contribution is -2.28. The summed E-state index contributed by atoms with van der Waals surface area (Å²) < 4.78 is 0. The number of hydrogen-bond donors (Lipinski definition) is 1. The topological polar surface area (TPSA) is 46.3 Å². The second-order valence-corrected chi connectivity index (χ2v) is 6.00. The van der Waals surface area contributed by atoms with Crippen LogP contribution in [-0.2, 0) is 4.79 Å². The minimum absolute atomic E-state index is 0.382. The third-order valence-corrected chi connectivity index (χ3v) is 3.75. The second-order valence-electron chi connectivity index (χ2n) is 6.00. The Morgan fingerprint density at radius 1 is 0.900 bits per heavy atom. The van der Waals surface area contributed by atoms with Gasteiger partial charge >= 0.3 is 0 Å². The first-order chi connectivity index (χ1) is 9.70. The molecule has 120 valence electrons. The first-order valence-corrected chi connectivity index (χ1v) is 8.61. The number of hydrogen-bond acceptors (Lipinski definition) is 3. The zero-order chi connectivity index (χ0) is 15.1. The van der Waals surface area contributed by atoms with Crippen molar-refractivity contribution >= 4 is 5.78 Å². The minimum Gasteiger partial charge on any atom is -0.330 e. The quantitative estimate of drug-likeness (QED) is 0.466. The molecule has 0 saturated heterocycles. The fourth-order valence-electron chi connectivity index (χ4n) is 2.45. The predicted molar refractivity (Wildman–Crippen MR) is 88.0 cm³/mol. The van der Waals surface area contributed by atoms with Crippen LogP contribution in [0.25, 0.3) is 0 Å². The van der Waals surface area contributed by atoms with Crippen molar-refractivity contribution in [2.45, 2.75) is 77.6 Å². The van der Waals surface area contributed by atoms with Gasteiger partial charge in [0.1, 0.15) is 5.78 Å². The van der Waals surface area contributed by atoms with Crippen molar-refractivity contribution in [1.82, 2.24) is 4.90 Å². The summed E-state index contributed by atoms with van der Waals surface area (Å²) in [7, 11) is 2.00. The number of Topliss-reactive ketones (excluding diaryl/α,β-unsaturated/α-hetero) is 1. The van der Waals surface area contributed by atoms with E-state index in [2.05, 4.69) is 11.8 Å². The van der Waals surface area contributed by atoms with Gasteiger partial charge < -0.3 is 5.73 Å². The lowest BCUT2D eigenvalue weighted by Gasteiger charge is -2.14. The Labute approximate surface area is 126 Å². The average molecular weight is 284 g/mol. The number of rotatable bonds is 15. The Kier molecular flexibility index (Phi) is 14.7. The molecule has 0 saturated carbocycles. The van der Waals surface area contributed by atoms with Gasteiger partial charge in [0.25, 0.3) is 0 Å². The summed E-state index contributed by atoms with van der Waals surface area (Å²) in [6, 6.07) is 0. The van der Waals surface area contributed by atoms with Crippen LogP contribution in [0.15, 0.2) is 0 Å². The van der Waals surface area contributed by atoms with E-state index in [1.807, 2.05) is 7.05 Å². The van der Waals surface area contributed by atoms with E-state index in [1.54, 1.807) is 0 Å². The molecule has 0 heterocycles. The molecule has 3 nitrogen and oxygen atoms in total. The van der Waals surface area contributed by atoms with Crippen LogP contribution in [0.4, 0.5) is 0 Å². The van der Waals surface area contributed by atoms with Crippen LogP contribution in [0, 0.1) is 0 Å². The molecule has 0 unspecified atom stereocenters. The zero-order valence-corrected chi connectivity index (χ0v) is 13.8. The Morgan fingerprint density at radius 2 is 1.45 bits per heavy atom. The van der Waals surface area contributed by atoms with Gasteiger partial charge in [-0.1, -0.05) is 58.3 Å². The molecule has 0 radical (unpaired) electrons. The summed E-state index contributed by atoms with van der Waals surface area (Å²) in [6.45, 7) is 4.48. The lowest BCUT2D eigenvalue weighted by molar-refractivity contribution is -0.120. The van der Waals surface area contributed by atoms with Crippen molar-refractivity contribution in [1.29, 1.82) is 0 Å². The van der Waals surface area contributed by atoms with Crippen molar-refractivity contribution < 1.29 is 4.79 Å². The van der Waals surface area contributed by atoms with Crippen LogP contribution in [0.3, 0.4) is 0 Å². The number of carbonyl (C=O) groups excluding carboxylic acids is 1. The standard InChI is InChI=1S/C17H36N2O/c1-3-4-5-6-7-8-9-10-11-13-17(20)16-19(2)15-12-14-18/h3-16,18H2,1-2H3. The van der Waals surface area contributed by atoms with Gasteiger partial charge in [0.2, 0.25) is 0 Å². The number of likely N-dealkylation sites (N-methyl/N-ethyl adjacent to an activating group) is 1. The molecule has 0 aromatic carbocycles. The van der Waals surface area contributed by atoms with E-state index < -0.39 is 0 Å². The van der Waals surface area contributed by atoms with E-state index in [9.17, 15) is 4.79 Å². The first kappa shape index (κ1) is 19.6. The molecule has 0 fully saturated rings. The van der Waals surface area contributed by atoms with Crippen LogP contribution in [0.1, 0.15) is 77.6 Å². The maximum Gasteiger partial charge on any atom is 0.146 e. The number of nitrogens with two attached hydrogens (primary N) is 1. The van der Waals surface area contributed by atoms with Crippen LogP contribution in [0.5, 0.6) is 0 Å². The van der Waals surface area contributed by atoms with Gasteiger partial charge in [-0.15, -0.1) is 0 Å². The molecule has 0 aromatic heterocycles. The lowest BCUT2D eigenvalue weighted by atomic mass is 10.1. The molecule has 20 heavy (non-hydrogen) atoms. The average Bonchev–Trinajstić information content (AvgIpc) is 2.43. The summed E-state index contributed by atoms with van der Waals surface area (Å²) in [5.74, 6) is 0.382. The molecule has 0 atom stereocenters. The fraction of sp³-hybridized carbons (Fsp3) is 0.941. The maximum atomic E-state index is 11.8. The van der Waals surface area contributed by atoms with Crippen molar-refractivity contribution in [3.8, 4) is 0 Å². The monoisotopic (exact) mass is 284 g/mol. The molecule has 3 heteroatoms. The van der Waals surface area contributed by atoms with E-state index in [1.165, 1.54) is 51.4 Å². The van der Waals surface area contributed by atoms with E-state index in [4.69, 9.17) is 5.73 Å². The largest absolute Gasteiger partial charge is 0.330 e. The normalized spacial score (nSPS) is 11.2. The molecule has 0 bridgehead atoms. The molecule has 0 aliphatic rings. The summed E-state index contributed by atoms with van der Waals surface area (Å²) in [5.41, 5.74) is 5.46. The number of nitrogens with zero attached hydrogens (tertiary/aromatic N) is 1.